The number of hydrogen-bond acceptors (Lipinski definition) is 6. The van der Waals surface area contributed by atoms with Crippen LogP contribution in [0.5, 0.6) is 0 Å². The van der Waals surface area contributed by atoms with E-state index in [-0.39, 0.29) is 11.6 Å². The Morgan fingerprint density at radius 2 is 2.29 bits per heavy atom. The fourth-order valence-corrected chi connectivity index (χ4v) is 2.87. The number of pyridine rings is 1. The largest absolute Gasteiger partial charge is 0.361 e. The molecular weight excluding hydrogens is 304 g/mol. The molecule has 2 aromatic rings. The van der Waals surface area contributed by atoms with Crippen molar-refractivity contribution in [2.24, 2.45) is 7.05 Å². The summed E-state index contributed by atoms with van der Waals surface area (Å²) in [5, 5.41) is 10.5. The number of aromatic nitrogens is 3. The number of anilines is 3. The molecule has 0 saturated carbocycles. The van der Waals surface area contributed by atoms with Crippen LogP contribution in [-0.4, -0.2) is 40.4 Å². The van der Waals surface area contributed by atoms with E-state index in [0.29, 0.717) is 11.5 Å². The highest BCUT2D eigenvalue weighted by Gasteiger charge is 2.19. The first kappa shape index (κ1) is 16.2. The summed E-state index contributed by atoms with van der Waals surface area (Å²) in [7, 11) is 1.64. The van der Waals surface area contributed by atoms with E-state index in [2.05, 4.69) is 32.2 Å². The van der Waals surface area contributed by atoms with Crippen molar-refractivity contribution in [2.75, 3.05) is 29.9 Å². The smallest absolute Gasteiger partial charge is 0.290 e. The summed E-state index contributed by atoms with van der Waals surface area (Å²) in [6.07, 6.45) is 3.77. The lowest BCUT2D eigenvalue weighted by atomic mass is 10.1. The van der Waals surface area contributed by atoms with Crippen LogP contribution in [0.4, 0.5) is 17.2 Å². The second-order valence-corrected chi connectivity index (χ2v) is 5.86. The highest BCUT2D eigenvalue weighted by atomic mass is 16.1. The molecule has 0 amide bonds. The van der Waals surface area contributed by atoms with Crippen molar-refractivity contribution in [1.29, 1.82) is 0 Å². The van der Waals surface area contributed by atoms with Gasteiger partial charge in [-0.05, 0) is 25.1 Å². The number of nitrogens with zero attached hydrogens (tertiary/aromatic N) is 4. The highest BCUT2D eigenvalue weighted by Crippen LogP contribution is 2.20. The zero-order chi connectivity index (χ0) is 17.1. The summed E-state index contributed by atoms with van der Waals surface area (Å²) < 4.78 is 1.32. The van der Waals surface area contributed by atoms with Crippen molar-refractivity contribution in [2.45, 2.75) is 13.0 Å². The number of piperazine rings is 1. The summed E-state index contributed by atoms with van der Waals surface area (Å²) in [4.78, 5) is 18.8. The quantitative estimate of drug-likeness (QED) is 0.822. The van der Waals surface area contributed by atoms with Crippen LogP contribution in [-0.2, 0) is 7.05 Å². The van der Waals surface area contributed by atoms with E-state index in [1.807, 2.05) is 31.3 Å². The average Bonchev–Trinajstić information content (AvgIpc) is 2.60. The molecule has 0 spiro atoms. The van der Waals surface area contributed by atoms with Crippen molar-refractivity contribution >= 4 is 17.2 Å². The van der Waals surface area contributed by atoms with Crippen molar-refractivity contribution in [3.8, 4) is 0 Å². The van der Waals surface area contributed by atoms with Crippen LogP contribution in [0.2, 0.25) is 0 Å². The zero-order valence-corrected chi connectivity index (χ0v) is 14.0. The number of hydrogen-bond donors (Lipinski definition) is 2. The fourth-order valence-electron chi connectivity index (χ4n) is 2.87. The standard InChI is InChI=1S/C17H22N6O/c1-4-13-10-18-7-8-23(13)14-5-6-16(19-11-14)20-15-9-12(2)21-22(3)17(15)24/h4-6,9,11,13,18H,1,7-8,10H2,2-3H3,(H,19,20)/t13-/m0/s1. The van der Waals surface area contributed by atoms with Crippen LogP contribution in [0.3, 0.4) is 0 Å². The molecule has 1 saturated heterocycles. The van der Waals surface area contributed by atoms with Gasteiger partial charge in [-0.2, -0.15) is 5.10 Å². The van der Waals surface area contributed by atoms with Gasteiger partial charge < -0.3 is 15.5 Å². The first-order chi connectivity index (χ1) is 11.6. The molecule has 0 radical (unpaired) electrons. The van der Waals surface area contributed by atoms with E-state index in [9.17, 15) is 4.79 Å². The SMILES string of the molecule is C=C[C@H]1CNCCN1c1ccc(Nc2cc(C)nn(C)c2=O)nc1. The summed E-state index contributed by atoms with van der Waals surface area (Å²) in [6, 6.07) is 5.87. The van der Waals surface area contributed by atoms with E-state index >= 15 is 0 Å². The Hall–Kier alpha value is -2.67. The Bertz CT molecular complexity index is 783. The van der Waals surface area contributed by atoms with Gasteiger partial charge in [0.05, 0.1) is 23.6 Å². The molecule has 1 fully saturated rings. The maximum Gasteiger partial charge on any atom is 0.290 e. The van der Waals surface area contributed by atoms with Crippen LogP contribution >= 0.6 is 0 Å². The third-order valence-corrected chi connectivity index (χ3v) is 4.08. The van der Waals surface area contributed by atoms with E-state index in [1.54, 1.807) is 13.1 Å². The van der Waals surface area contributed by atoms with Crippen LogP contribution in [0.1, 0.15) is 5.69 Å². The lowest BCUT2D eigenvalue weighted by Crippen LogP contribution is -2.50. The van der Waals surface area contributed by atoms with Crippen LogP contribution in [0, 0.1) is 6.92 Å². The fraction of sp³-hybridized carbons (Fsp3) is 0.353. The Morgan fingerprint density at radius 1 is 1.46 bits per heavy atom. The van der Waals surface area contributed by atoms with Gasteiger partial charge in [0.1, 0.15) is 11.5 Å². The summed E-state index contributed by atoms with van der Waals surface area (Å²) >= 11 is 0. The van der Waals surface area contributed by atoms with Gasteiger partial charge in [-0.3, -0.25) is 4.79 Å². The molecular formula is C17H22N6O. The Morgan fingerprint density at radius 3 is 3.00 bits per heavy atom. The summed E-state index contributed by atoms with van der Waals surface area (Å²) in [5.74, 6) is 0.631. The molecule has 126 valence electrons. The highest BCUT2D eigenvalue weighted by molar-refractivity contribution is 5.58. The van der Waals surface area contributed by atoms with Crippen LogP contribution < -0.4 is 21.1 Å². The molecule has 0 aromatic carbocycles. The second kappa shape index (κ2) is 6.84. The normalized spacial score (nSPS) is 17.6. The predicted octanol–water partition coefficient (Wildman–Crippen LogP) is 1.19. The Labute approximate surface area is 141 Å². The molecule has 0 unspecified atom stereocenters. The number of nitrogens with one attached hydrogen (secondary N) is 2. The van der Waals surface area contributed by atoms with Gasteiger partial charge in [0.15, 0.2) is 0 Å². The Kier molecular flexibility index (Phi) is 4.61. The number of rotatable bonds is 4. The molecule has 2 N–H and O–H groups in total. The first-order valence-corrected chi connectivity index (χ1v) is 7.96. The molecule has 3 heterocycles. The van der Waals surface area contributed by atoms with Gasteiger partial charge >= 0.3 is 0 Å². The second-order valence-electron chi connectivity index (χ2n) is 5.86. The number of aryl methyl sites for hydroxylation is 2. The summed E-state index contributed by atoms with van der Waals surface area (Å²) in [5.41, 5.74) is 2.10. The summed E-state index contributed by atoms with van der Waals surface area (Å²) in [6.45, 7) is 8.49. The van der Waals surface area contributed by atoms with Gasteiger partial charge in [-0.25, -0.2) is 9.67 Å². The molecule has 1 aliphatic rings. The van der Waals surface area contributed by atoms with Crippen molar-refractivity contribution in [3.05, 3.63) is 53.1 Å². The third kappa shape index (κ3) is 3.30. The van der Waals surface area contributed by atoms with Gasteiger partial charge in [0, 0.05) is 26.7 Å². The lowest BCUT2D eigenvalue weighted by Gasteiger charge is -2.36. The van der Waals surface area contributed by atoms with Gasteiger partial charge in [-0.15, -0.1) is 6.58 Å². The van der Waals surface area contributed by atoms with E-state index in [1.165, 1.54) is 4.68 Å². The van der Waals surface area contributed by atoms with E-state index in [4.69, 9.17) is 0 Å². The minimum atomic E-state index is -0.180. The topological polar surface area (TPSA) is 75.1 Å². The molecule has 0 aliphatic carbocycles. The first-order valence-electron chi connectivity index (χ1n) is 7.96. The average molecular weight is 326 g/mol. The minimum Gasteiger partial charge on any atom is -0.361 e. The molecule has 24 heavy (non-hydrogen) atoms. The van der Waals surface area contributed by atoms with Gasteiger partial charge in [0.2, 0.25) is 0 Å². The zero-order valence-electron chi connectivity index (χ0n) is 14.0. The molecule has 1 aliphatic heterocycles. The molecule has 7 nitrogen and oxygen atoms in total. The minimum absolute atomic E-state index is 0.180. The van der Waals surface area contributed by atoms with Crippen LogP contribution in [0.25, 0.3) is 0 Å². The van der Waals surface area contributed by atoms with Gasteiger partial charge in [0.25, 0.3) is 5.56 Å². The van der Waals surface area contributed by atoms with Crippen molar-refractivity contribution in [3.63, 3.8) is 0 Å². The maximum absolute atomic E-state index is 12.1. The van der Waals surface area contributed by atoms with Crippen LogP contribution in [0.15, 0.2) is 41.8 Å². The predicted molar refractivity (Wildman–Crippen MR) is 95.9 cm³/mol. The monoisotopic (exact) mass is 326 g/mol. The Balaban J connectivity index is 1.80. The third-order valence-electron chi connectivity index (χ3n) is 4.08. The van der Waals surface area contributed by atoms with Crippen molar-refractivity contribution < 1.29 is 0 Å². The van der Waals surface area contributed by atoms with E-state index < -0.39 is 0 Å². The molecule has 2 aromatic heterocycles. The molecule has 1 atom stereocenters. The maximum atomic E-state index is 12.1. The molecule has 3 rings (SSSR count). The van der Waals surface area contributed by atoms with E-state index in [0.717, 1.165) is 31.0 Å². The molecule has 7 heteroatoms. The van der Waals surface area contributed by atoms with Gasteiger partial charge in [-0.1, -0.05) is 6.08 Å². The lowest BCUT2D eigenvalue weighted by molar-refractivity contribution is 0.529. The molecule has 0 bridgehead atoms. The van der Waals surface area contributed by atoms with Crippen molar-refractivity contribution in [1.82, 2.24) is 20.1 Å².